The van der Waals surface area contributed by atoms with Crippen molar-refractivity contribution in [3.63, 3.8) is 0 Å². The summed E-state index contributed by atoms with van der Waals surface area (Å²) >= 11 is 0. The van der Waals surface area contributed by atoms with Crippen molar-refractivity contribution < 1.29 is 4.79 Å². The number of fused-ring (bicyclic) bond motifs is 1. The number of nitrogens with zero attached hydrogens (tertiary/aromatic N) is 5. The van der Waals surface area contributed by atoms with Crippen LogP contribution in [-0.2, 0) is 17.6 Å². The molecule has 8 nitrogen and oxygen atoms in total. The van der Waals surface area contributed by atoms with Crippen LogP contribution in [-0.4, -0.2) is 57.7 Å². The van der Waals surface area contributed by atoms with Gasteiger partial charge in [0.25, 0.3) is 0 Å². The van der Waals surface area contributed by atoms with Gasteiger partial charge in [0, 0.05) is 43.9 Å². The van der Waals surface area contributed by atoms with Crippen LogP contribution in [0.15, 0.2) is 6.07 Å². The van der Waals surface area contributed by atoms with E-state index in [9.17, 15) is 4.79 Å². The Morgan fingerprint density at radius 1 is 1.13 bits per heavy atom. The molecule has 2 N–H and O–H groups in total. The van der Waals surface area contributed by atoms with Crippen molar-refractivity contribution in [2.24, 2.45) is 0 Å². The van der Waals surface area contributed by atoms with E-state index in [1.807, 2.05) is 14.1 Å². The molecule has 1 unspecified atom stereocenters. The molecule has 30 heavy (non-hydrogen) atoms. The van der Waals surface area contributed by atoms with E-state index in [2.05, 4.69) is 26.5 Å². The van der Waals surface area contributed by atoms with Crippen LogP contribution < -0.4 is 10.2 Å². The molecule has 0 aromatic carbocycles. The summed E-state index contributed by atoms with van der Waals surface area (Å²) < 4.78 is 0. The minimum absolute atomic E-state index is 0.125. The normalized spacial score (nSPS) is 21.3. The summed E-state index contributed by atoms with van der Waals surface area (Å²) in [5, 5.41) is 11.2. The van der Waals surface area contributed by atoms with E-state index < -0.39 is 0 Å². The molecule has 3 aliphatic rings. The molecule has 2 aliphatic carbocycles. The van der Waals surface area contributed by atoms with E-state index in [0.29, 0.717) is 11.9 Å². The lowest BCUT2D eigenvalue weighted by atomic mass is 10.0. The van der Waals surface area contributed by atoms with Gasteiger partial charge in [-0.05, 0) is 44.9 Å². The van der Waals surface area contributed by atoms with E-state index in [-0.39, 0.29) is 11.9 Å². The largest absolute Gasteiger partial charge is 0.347 e. The third-order valence-electron chi connectivity index (χ3n) is 6.80. The van der Waals surface area contributed by atoms with Crippen LogP contribution in [0.3, 0.4) is 0 Å². The Morgan fingerprint density at radius 2 is 1.97 bits per heavy atom. The lowest BCUT2D eigenvalue weighted by molar-refractivity contribution is -0.129. The molecule has 1 amide bonds. The number of H-pyrrole nitrogens is 1. The van der Waals surface area contributed by atoms with Crippen molar-refractivity contribution >= 4 is 23.5 Å². The minimum atomic E-state index is -0.174. The Morgan fingerprint density at radius 3 is 2.77 bits per heavy atom. The number of aromatic amines is 1. The molecule has 2 aromatic heterocycles. The van der Waals surface area contributed by atoms with Crippen molar-refractivity contribution in [1.82, 2.24) is 25.1 Å². The summed E-state index contributed by atoms with van der Waals surface area (Å²) in [6.07, 6.45) is 9.97. The van der Waals surface area contributed by atoms with E-state index in [1.165, 1.54) is 36.9 Å². The molecule has 0 radical (unpaired) electrons. The fourth-order valence-electron chi connectivity index (χ4n) is 5.18. The third kappa shape index (κ3) is 3.52. The molecule has 0 spiro atoms. The number of carbonyl (C=O) groups excluding carboxylic acids is 1. The lowest BCUT2D eigenvalue weighted by Crippen LogP contribution is -2.43. The molecule has 2 fully saturated rings. The van der Waals surface area contributed by atoms with Gasteiger partial charge < -0.3 is 15.1 Å². The van der Waals surface area contributed by atoms with Crippen LogP contribution in [0.4, 0.5) is 17.6 Å². The van der Waals surface area contributed by atoms with Gasteiger partial charge in [0.1, 0.15) is 11.9 Å². The van der Waals surface area contributed by atoms with Crippen molar-refractivity contribution in [3.05, 3.63) is 23.0 Å². The number of likely N-dealkylation sites (N-methyl/N-ethyl adjacent to an activating group) is 1. The number of rotatable bonds is 5. The van der Waals surface area contributed by atoms with Crippen LogP contribution in [0, 0.1) is 0 Å². The summed E-state index contributed by atoms with van der Waals surface area (Å²) in [4.78, 5) is 26.2. The Labute approximate surface area is 177 Å². The van der Waals surface area contributed by atoms with Crippen LogP contribution >= 0.6 is 0 Å². The number of anilines is 3. The molecule has 160 valence electrons. The topological polar surface area (TPSA) is 90.0 Å². The Kier molecular flexibility index (Phi) is 5.08. The Hall–Kier alpha value is -2.64. The highest BCUT2D eigenvalue weighted by Crippen LogP contribution is 2.35. The standard InChI is InChI=1S/C22H31N7O/c1-28(2)21(30)18-11-6-12-29(18)22-23-16-10-5-9-15(16)20(25-22)24-19-13-17(26-27-19)14-7-3-4-8-14/h13-14,18H,3-12H2,1-2H3,(H2,23,24,25,26,27). The smallest absolute Gasteiger partial charge is 0.244 e. The van der Waals surface area contributed by atoms with Crippen LogP contribution in [0.5, 0.6) is 0 Å². The molecule has 3 heterocycles. The number of amides is 1. The quantitative estimate of drug-likeness (QED) is 0.788. The van der Waals surface area contributed by atoms with E-state index in [4.69, 9.17) is 9.97 Å². The molecule has 8 heteroatoms. The van der Waals surface area contributed by atoms with Crippen LogP contribution in [0.25, 0.3) is 0 Å². The van der Waals surface area contributed by atoms with Gasteiger partial charge in [0.15, 0.2) is 5.82 Å². The maximum atomic E-state index is 12.7. The second-order valence-electron chi connectivity index (χ2n) is 9.05. The molecule has 0 bridgehead atoms. The zero-order chi connectivity index (χ0) is 20.7. The van der Waals surface area contributed by atoms with Gasteiger partial charge in [-0.15, -0.1) is 0 Å². The zero-order valence-electron chi connectivity index (χ0n) is 17.9. The molecule has 5 rings (SSSR count). The Balaban J connectivity index is 1.43. The zero-order valence-corrected chi connectivity index (χ0v) is 17.9. The number of aryl methyl sites for hydroxylation is 1. The SMILES string of the molecule is CN(C)C(=O)C1CCCN1c1nc2c(c(Nc3cc(C4CCCC4)[nH]n3)n1)CCC2. The first-order valence-electron chi connectivity index (χ1n) is 11.3. The molecule has 1 saturated carbocycles. The molecular weight excluding hydrogens is 378 g/mol. The maximum Gasteiger partial charge on any atom is 0.244 e. The van der Waals surface area contributed by atoms with Crippen molar-refractivity contribution in [1.29, 1.82) is 0 Å². The van der Waals surface area contributed by atoms with Gasteiger partial charge >= 0.3 is 0 Å². The third-order valence-corrected chi connectivity index (χ3v) is 6.80. The highest BCUT2D eigenvalue weighted by molar-refractivity contribution is 5.85. The summed E-state index contributed by atoms with van der Waals surface area (Å²) in [7, 11) is 3.63. The fourth-order valence-corrected chi connectivity index (χ4v) is 5.18. The average molecular weight is 410 g/mol. The van der Waals surface area contributed by atoms with E-state index in [1.54, 1.807) is 4.90 Å². The summed E-state index contributed by atoms with van der Waals surface area (Å²) in [5.41, 5.74) is 3.52. The first kappa shape index (κ1) is 19.3. The van der Waals surface area contributed by atoms with Gasteiger partial charge in [0.2, 0.25) is 11.9 Å². The summed E-state index contributed by atoms with van der Waals surface area (Å²) in [6.45, 7) is 0.816. The average Bonchev–Trinajstić information content (AvgIpc) is 3.53. The highest BCUT2D eigenvalue weighted by Gasteiger charge is 2.34. The molecule has 2 aromatic rings. The monoisotopic (exact) mass is 409 g/mol. The predicted octanol–water partition coefficient (Wildman–Crippen LogP) is 3.15. The summed E-state index contributed by atoms with van der Waals surface area (Å²) in [6, 6.07) is 1.96. The molecule has 1 aliphatic heterocycles. The summed E-state index contributed by atoms with van der Waals surface area (Å²) in [5.74, 6) is 3.06. The number of aromatic nitrogens is 4. The lowest BCUT2D eigenvalue weighted by Gasteiger charge is -2.27. The van der Waals surface area contributed by atoms with Gasteiger partial charge in [0.05, 0.1) is 5.69 Å². The van der Waals surface area contributed by atoms with Gasteiger partial charge in [-0.2, -0.15) is 10.1 Å². The number of nitrogens with one attached hydrogen (secondary N) is 2. The van der Waals surface area contributed by atoms with Gasteiger partial charge in [-0.25, -0.2) is 4.98 Å². The molecule has 1 atom stereocenters. The Bertz CT molecular complexity index is 932. The number of hydrogen-bond donors (Lipinski definition) is 2. The van der Waals surface area contributed by atoms with Crippen molar-refractivity contribution in [2.75, 3.05) is 30.9 Å². The second kappa shape index (κ2) is 7.89. The fraction of sp³-hybridized carbons (Fsp3) is 0.636. The van der Waals surface area contributed by atoms with E-state index >= 15 is 0 Å². The van der Waals surface area contributed by atoms with Crippen LogP contribution in [0.2, 0.25) is 0 Å². The van der Waals surface area contributed by atoms with Crippen molar-refractivity contribution in [3.8, 4) is 0 Å². The second-order valence-corrected chi connectivity index (χ2v) is 9.05. The van der Waals surface area contributed by atoms with Gasteiger partial charge in [-0.3, -0.25) is 9.89 Å². The molecule has 1 saturated heterocycles. The van der Waals surface area contributed by atoms with E-state index in [0.717, 1.165) is 56.0 Å². The highest BCUT2D eigenvalue weighted by atomic mass is 16.2. The van der Waals surface area contributed by atoms with Crippen molar-refractivity contribution in [2.45, 2.75) is 69.7 Å². The number of carbonyl (C=O) groups is 1. The first-order chi connectivity index (χ1) is 14.6. The molecular formula is C22H31N7O. The van der Waals surface area contributed by atoms with Crippen LogP contribution in [0.1, 0.15) is 67.8 Å². The predicted molar refractivity (Wildman–Crippen MR) is 116 cm³/mol. The number of hydrogen-bond acceptors (Lipinski definition) is 6. The first-order valence-corrected chi connectivity index (χ1v) is 11.3. The minimum Gasteiger partial charge on any atom is -0.347 e. The maximum absolute atomic E-state index is 12.7. The van der Waals surface area contributed by atoms with Gasteiger partial charge in [-0.1, -0.05) is 12.8 Å².